The SMILES string of the molecule is O=c1[nH]c2cc(-c3ccccc3)ccc2o1. The van der Waals surface area contributed by atoms with Crippen LogP contribution in [0.25, 0.3) is 22.2 Å². The van der Waals surface area contributed by atoms with Crippen LogP contribution in [0.4, 0.5) is 0 Å². The van der Waals surface area contributed by atoms with E-state index in [9.17, 15) is 4.79 Å². The van der Waals surface area contributed by atoms with Gasteiger partial charge in [-0.2, -0.15) is 0 Å². The Morgan fingerprint density at radius 3 is 2.56 bits per heavy atom. The number of rotatable bonds is 1. The van der Waals surface area contributed by atoms with Crippen LogP contribution >= 0.6 is 0 Å². The summed E-state index contributed by atoms with van der Waals surface area (Å²) in [6.45, 7) is 0. The second-order valence-electron chi connectivity index (χ2n) is 3.59. The number of nitrogens with one attached hydrogen (secondary N) is 1. The van der Waals surface area contributed by atoms with Crippen LogP contribution in [0, 0.1) is 0 Å². The quantitative estimate of drug-likeness (QED) is 0.672. The van der Waals surface area contributed by atoms with E-state index >= 15 is 0 Å². The predicted octanol–water partition coefficient (Wildman–Crippen LogP) is 2.79. The van der Waals surface area contributed by atoms with Crippen LogP contribution in [0.1, 0.15) is 0 Å². The fourth-order valence-corrected chi connectivity index (χ4v) is 1.76. The van der Waals surface area contributed by atoms with Gasteiger partial charge < -0.3 is 4.42 Å². The summed E-state index contributed by atoms with van der Waals surface area (Å²) >= 11 is 0. The average molecular weight is 211 g/mol. The molecule has 0 bridgehead atoms. The first kappa shape index (κ1) is 8.97. The topological polar surface area (TPSA) is 46.0 Å². The molecular weight excluding hydrogens is 202 g/mol. The molecule has 0 spiro atoms. The third kappa shape index (κ3) is 1.42. The van der Waals surface area contributed by atoms with E-state index in [0.717, 1.165) is 16.6 Å². The molecule has 0 saturated heterocycles. The van der Waals surface area contributed by atoms with Crippen molar-refractivity contribution in [3.05, 3.63) is 59.1 Å². The maximum absolute atomic E-state index is 11.0. The molecular formula is C13H9NO2. The van der Waals surface area contributed by atoms with Crippen LogP contribution in [0.2, 0.25) is 0 Å². The first-order valence-electron chi connectivity index (χ1n) is 5.01. The summed E-state index contributed by atoms with van der Waals surface area (Å²) in [6.07, 6.45) is 0. The van der Waals surface area contributed by atoms with Gasteiger partial charge >= 0.3 is 5.76 Å². The Morgan fingerprint density at radius 1 is 0.938 bits per heavy atom. The monoisotopic (exact) mass is 211 g/mol. The molecule has 3 nitrogen and oxygen atoms in total. The van der Waals surface area contributed by atoms with E-state index < -0.39 is 5.76 Å². The normalized spacial score (nSPS) is 10.8. The molecule has 0 radical (unpaired) electrons. The lowest BCUT2D eigenvalue weighted by atomic mass is 10.1. The molecule has 3 heteroatoms. The van der Waals surface area contributed by atoms with Crippen molar-refractivity contribution in [1.82, 2.24) is 4.98 Å². The van der Waals surface area contributed by atoms with E-state index in [1.807, 2.05) is 42.5 Å². The van der Waals surface area contributed by atoms with Crippen molar-refractivity contribution in [2.24, 2.45) is 0 Å². The van der Waals surface area contributed by atoms with Crippen molar-refractivity contribution in [1.29, 1.82) is 0 Å². The van der Waals surface area contributed by atoms with E-state index in [1.165, 1.54) is 0 Å². The molecule has 1 aromatic heterocycles. The van der Waals surface area contributed by atoms with Gasteiger partial charge in [0.2, 0.25) is 0 Å². The summed E-state index contributed by atoms with van der Waals surface area (Å²) in [7, 11) is 0. The molecule has 0 atom stereocenters. The number of H-pyrrole nitrogens is 1. The van der Waals surface area contributed by atoms with E-state index in [2.05, 4.69) is 4.98 Å². The summed E-state index contributed by atoms with van der Waals surface area (Å²) in [4.78, 5) is 13.7. The number of hydrogen-bond donors (Lipinski definition) is 1. The van der Waals surface area contributed by atoms with Gasteiger partial charge in [0.25, 0.3) is 0 Å². The van der Waals surface area contributed by atoms with Crippen molar-refractivity contribution >= 4 is 11.1 Å². The van der Waals surface area contributed by atoms with Gasteiger partial charge in [0, 0.05) is 0 Å². The number of hydrogen-bond acceptors (Lipinski definition) is 2. The molecule has 1 heterocycles. The van der Waals surface area contributed by atoms with Crippen molar-refractivity contribution in [2.75, 3.05) is 0 Å². The van der Waals surface area contributed by atoms with Gasteiger partial charge in [0.05, 0.1) is 5.52 Å². The zero-order valence-electron chi connectivity index (χ0n) is 8.44. The fraction of sp³-hybridized carbons (Fsp3) is 0. The van der Waals surface area contributed by atoms with Gasteiger partial charge in [-0.15, -0.1) is 0 Å². The Hall–Kier alpha value is -2.29. The van der Waals surface area contributed by atoms with Gasteiger partial charge in [-0.25, -0.2) is 4.79 Å². The third-order valence-electron chi connectivity index (χ3n) is 2.53. The summed E-state index contributed by atoms with van der Waals surface area (Å²) in [5.74, 6) is -0.416. The minimum Gasteiger partial charge on any atom is -0.408 e. The van der Waals surface area contributed by atoms with E-state index in [0.29, 0.717) is 5.58 Å². The molecule has 0 aliphatic rings. The lowest BCUT2D eigenvalue weighted by molar-refractivity contribution is 0.555. The minimum absolute atomic E-state index is 0.416. The Balaban J connectivity index is 2.22. The van der Waals surface area contributed by atoms with Crippen LogP contribution < -0.4 is 5.76 Å². The number of benzene rings is 2. The smallest absolute Gasteiger partial charge is 0.408 e. The summed E-state index contributed by atoms with van der Waals surface area (Å²) in [5.41, 5.74) is 3.49. The number of aromatic nitrogens is 1. The van der Waals surface area contributed by atoms with Gasteiger partial charge in [0.15, 0.2) is 5.58 Å². The van der Waals surface area contributed by atoms with Crippen LogP contribution in [-0.2, 0) is 0 Å². The van der Waals surface area contributed by atoms with Gasteiger partial charge in [-0.3, -0.25) is 4.98 Å². The molecule has 0 aliphatic carbocycles. The van der Waals surface area contributed by atoms with Crippen LogP contribution in [0.15, 0.2) is 57.7 Å². The van der Waals surface area contributed by atoms with Gasteiger partial charge in [0.1, 0.15) is 0 Å². The van der Waals surface area contributed by atoms with Crippen LogP contribution in [-0.4, -0.2) is 4.98 Å². The van der Waals surface area contributed by atoms with Gasteiger partial charge in [-0.05, 0) is 23.3 Å². The molecule has 1 N–H and O–H groups in total. The fourth-order valence-electron chi connectivity index (χ4n) is 1.76. The van der Waals surface area contributed by atoms with Crippen LogP contribution in [0.5, 0.6) is 0 Å². The van der Waals surface area contributed by atoms with Crippen molar-refractivity contribution in [2.45, 2.75) is 0 Å². The Bertz CT molecular complexity index is 680. The Labute approximate surface area is 91.3 Å². The second-order valence-corrected chi connectivity index (χ2v) is 3.59. The zero-order chi connectivity index (χ0) is 11.0. The van der Waals surface area contributed by atoms with Crippen molar-refractivity contribution < 1.29 is 4.42 Å². The molecule has 2 aromatic carbocycles. The molecule has 3 rings (SSSR count). The van der Waals surface area contributed by atoms with Gasteiger partial charge in [-0.1, -0.05) is 36.4 Å². The standard InChI is InChI=1S/C13H9NO2/c15-13-14-11-8-10(6-7-12(11)16-13)9-4-2-1-3-5-9/h1-8H,(H,14,15). The van der Waals surface area contributed by atoms with E-state index in [-0.39, 0.29) is 0 Å². The predicted molar refractivity (Wildman–Crippen MR) is 62.3 cm³/mol. The first-order valence-corrected chi connectivity index (χ1v) is 5.01. The minimum atomic E-state index is -0.416. The van der Waals surface area contributed by atoms with Crippen molar-refractivity contribution in [3.8, 4) is 11.1 Å². The maximum Gasteiger partial charge on any atom is 0.417 e. The molecule has 0 saturated carbocycles. The Kier molecular flexibility index (Phi) is 1.90. The highest BCUT2D eigenvalue weighted by atomic mass is 16.4. The highest BCUT2D eigenvalue weighted by Gasteiger charge is 2.02. The number of oxazole rings is 1. The van der Waals surface area contributed by atoms with Crippen molar-refractivity contribution in [3.63, 3.8) is 0 Å². The zero-order valence-corrected chi connectivity index (χ0v) is 8.44. The molecule has 0 unspecified atom stereocenters. The summed E-state index contributed by atoms with van der Waals surface area (Å²) < 4.78 is 4.95. The second kappa shape index (κ2) is 3.38. The molecule has 0 fully saturated rings. The highest BCUT2D eigenvalue weighted by Crippen LogP contribution is 2.22. The maximum atomic E-state index is 11.0. The number of fused-ring (bicyclic) bond motifs is 1. The lowest BCUT2D eigenvalue weighted by Crippen LogP contribution is -1.92. The average Bonchev–Trinajstić information content (AvgIpc) is 2.69. The molecule has 0 amide bonds. The third-order valence-corrected chi connectivity index (χ3v) is 2.53. The summed E-state index contributed by atoms with van der Waals surface area (Å²) in [5, 5.41) is 0. The first-order chi connectivity index (χ1) is 7.83. The highest BCUT2D eigenvalue weighted by molar-refractivity contribution is 5.79. The molecule has 16 heavy (non-hydrogen) atoms. The number of aromatic amines is 1. The molecule has 78 valence electrons. The van der Waals surface area contributed by atoms with E-state index in [1.54, 1.807) is 6.07 Å². The van der Waals surface area contributed by atoms with Crippen LogP contribution in [0.3, 0.4) is 0 Å². The summed E-state index contributed by atoms with van der Waals surface area (Å²) in [6, 6.07) is 15.6. The van der Waals surface area contributed by atoms with E-state index in [4.69, 9.17) is 4.42 Å². The Morgan fingerprint density at radius 2 is 1.75 bits per heavy atom. The lowest BCUT2D eigenvalue weighted by Gasteiger charge is -1.99. The largest absolute Gasteiger partial charge is 0.417 e. The molecule has 3 aromatic rings. The molecule has 0 aliphatic heterocycles.